The first-order valence-corrected chi connectivity index (χ1v) is 9.27. The van der Waals surface area contributed by atoms with Gasteiger partial charge in [-0.25, -0.2) is 9.18 Å². The average Bonchev–Trinajstić information content (AvgIpc) is 3.27. The van der Waals surface area contributed by atoms with Crippen molar-refractivity contribution in [3.63, 3.8) is 0 Å². The highest BCUT2D eigenvalue weighted by Crippen LogP contribution is 2.59. The van der Waals surface area contributed by atoms with Crippen molar-refractivity contribution in [2.45, 2.75) is 20.0 Å². The van der Waals surface area contributed by atoms with Crippen molar-refractivity contribution in [2.75, 3.05) is 0 Å². The quantitative estimate of drug-likeness (QED) is 0.529. The fourth-order valence-electron chi connectivity index (χ4n) is 3.41. The summed E-state index contributed by atoms with van der Waals surface area (Å²) >= 11 is 0. The molecule has 1 aliphatic carbocycles. The van der Waals surface area contributed by atoms with Crippen LogP contribution in [0.2, 0.25) is 0 Å². The Bertz CT molecular complexity index is 1030. The zero-order valence-corrected chi connectivity index (χ0v) is 16.4. The van der Waals surface area contributed by atoms with E-state index in [1.165, 1.54) is 18.2 Å². The highest BCUT2D eigenvalue weighted by molar-refractivity contribution is 5.82. The molecule has 0 heterocycles. The summed E-state index contributed by atoms with van der Waals surface area (Å²) in [7, 11) is 0. The van der Waals surface area contributed by atoms with E-state index in [-0.39, 0.29) is 17.2 Å². The predicted molar refractivity (Wildman–Crippen MR) is 105 cm³/mol. The number of benzene rings is 2. The summed E-state index contributed by atoms with van der Waals surface area (Å²) < 4.78 is 25.0. The molecule has 1 fully saturated rings. The Labute approximate surface area is 173 Å². The minimum atomic E-state index is -1.25. The first kappa shape index (κ1) is 21.1. The van der Waals surface area contributed by atoms with Crippen molar-refractivity contribution in [1.82, 2.24) is 0 Å². The van der Waals surface area contributed by atoms with E-state index < -0.39 is 35.2 Å². The standard InChI is InChI=1S/C23H20FNO5/c1-23(2)16(9-11-20(26)27)21(23)22(28)30-19(13-25)14-8-10-17(24)18(12-14)29-15-6-4-3-5-7-15/h3-12,16,19,21H,1-2H3,(H,26,27)/t16-,19?,21-/m0/s1. The number of nitriles is 1. The number of hydrogen-bond donors (Lipinski definition) is 1. The van der Waals surface area contributed by atoms with Gasteiger partial charge in [-0.05, 0) is 35.6 Å². The number of rotatable bonds is 7. The van der Waals surface area contributed by atoms with Crippen LogP contribution in [0.25, 0.3) is 0 Å². The molecule has 0 aliphatic heterocycles. The van der Waals surface area contributed by atoms with Gasteiger partial charge in [0.2, 0.25) is 6.10 Å². The fourth-order valence-corrected chi connectivity index (χ4v) is 3.41. The monoisotopic (exact) mass is 409 g/mol. The lowest BCUT2D eigenvalue weighted by Gasteiger charge is -2.14. The van der Waals surface area contributed by atoms with Crippen LogP contribution in [-0.2, 0) is 14.3 Å². The van der Waals surface area contributed by atoms with Crippen molar-refractivity contribution in [3.05, 3.63) is 72.1 Å². The first-order valence-electron chi connectivity index (χ1n) is 9.27. The van der Waals surface area contributed by atoms with Crippen molar-refractivity contribution < 1.29 is 28.6 Å². The molecule has 1 aliphatic rings. The Balaban J connectivity index is 1.75. The lowest BCUT2D eigenvalue weighted by atomic mass is 10.1. The lowest BCUT2D eigenvalue weighted by molar-refractivity contribution is -0.149. The van der Waals surface area contributed by atoms with Crippen LogP contribution in [0.4, 0.5) is 4.39 Å². The van der Waals surface area contributed by atoms with Crippen molar-refractivity contribution >= 4 is 11.9 Å². The second-order valence-corrected chi connectivity index (χ2v) is 7.57. The highest BCUT2D eigenvalue weighted by atomic mass is 19.1. The SMILES string of the molecule is CC1(C)[C@H](C(=O)OC(C#N)c2ccc(F)c(Oc3ccccc3)c2)[C@@H]1C=CC(=O)O. The third-order valence-electron chi connectivity index (χ3n) is 5.19. The van der Waals surface area contributed by atoms with Gasteiger partial charge in [-0.15, -0.1) is 0 Å². The van der Waals surface area contributed by atoms with Crippen LogP contribution in [0.5, 0.6) is 11.5 Å². The van der Waals surface area contributed by atoms with Gasteiger partial charge in [-0.3, -0.25) is 4.79 Å². The van der Waals surface area contributed by atoms with E-state index in [2.05, 4.69) is 0 Å². The van der Waals surface area contributed by atoms with Gasteiger partial charge in [0.1, 0.15) is 11.8 Å². The van der Waals surface area contributed by atoms with E-state index in [9.17, 15) is 19.2 Å². The number of halogens is 1. The molecular weight excluding hydrogens is 389 g/mol. The lowest BCUT2D eigenvalue weighted by Crippen LogP contribution is -2.14. The van der Waals surface area contributed by atoms with E-state index in [0.29, 0.717) is 5.75 Å². The second kappa shape index (κ2) is 8.37. The third-order valence-corrected chi connectivity index (χ3v) is 5.19. The van der Waals surface area contributed by atoms with Gasteiger partial charge in [-0.2, -0.15) is 5.26 Å². The molecule has 3 rings (SSSR count). The normalized spacial score (nSPS) is 20.2. The highest BCUT2D eigenvalue weighted by Gasteiger charge is 2.61. The summed E-state index contributed by atoms with van der Waals surface area (Å²) in [6, 6.07) is 14.3. The van der Waals surface area contributed by atoms with Crippen LogP contribution in [0, 0.1) is 34.4 Å². The number of nitrogens with zero attached hydrogens (tertiary/aromatic N) is 1. The number of carboxylic acids is 1. The minimum absolute atomic E-state index is 0.0935. The van der Waals surface area contributed by atoms with Gasteiger partial charge in [0.25, 0.3) is 0 Å². The fraction of sp³-hybridized carbons (Fsp3) is 0.261. The summed E-state index contributed by atoms with van der Waals surface area (Å²) in [4.78, 5) is 23.3. The third kappa shape index (κ3) is 4.49. The molecule has 1 N–H and O–H groups in total. The van der Waals surface area contributed by atoms with Crippen LogP contribution in [0.3, 0.4) is 0 Å². The topological polar surface area (TPSA) is 96.6 Å². The smallest absolute Gasteiger partial charge is 0.327 e. The van der Waals surface area contributed by atoms with E-state index in [0.717, 1.165) is 12.1 Å². The maximum Gasteiger partial charge on any atom is 0.327 e. The minimum Gasteiger partial charge on any atom is -0.478 e. The Morgan fingerprint density at radius 1 is 1.23 bits per heavy atom. The molecule has 0 spiro atoms. The Morgan fingerprint density at radius 3 is 2.57 bits per heavy atom. The van der Waals surface area contributed by atoms with Crippen molar-refractivity contribution in [2.24, 2.45) is 17.3 Å². The zero-order valence-electron chi connectivity index (χ0n) is 16.4. The number of carbonyl (C=O) groups is 2. The molecule has 30 heavy (non-hydrogen) atoms. The summed E-state index contributed by atoms with van der Waals surface area (Å²) in [5, 5.41) is 18.3. The van der Waals surface area contributed by atoms with Gasteiger partial charge in [0, 0.05) is 11.6 Å². The maximum atomic E-state index is 14.2. The average molecular weight is 409 g/mol. The van der Waals surface area contributed by atoms with Crippen LogP contribution < -0.4 is 4.74 Å². The molecule has 1 unspecified atom stereocenters. The summed E-state index contributed by atoms with van der Waals surface area (Å²) in [6.07, 6.45) is 1.20. The molecule has 7 heteroatoms. The second-order valence-electron chi connectivity index (χ2n) is 7.57. The van der Waals surface area contributed by atoms with Crippen LogP contribution in [0.15, 0.2) is 60.7 Å². The molecule has 0 saturated heterocycles. The van der Waals surface area contributed by atoms with Gasteiger partial charge in [0.05, 0.1) is 5.92 Å². The Morgan fingerprint density at radius 2 is 1.93 bits per heavy atom. The number of hydrogen-bond acceptors (Lipinski definition) is 5. The molecule has 3 atom stereocenters. The van der Waals surface area contributed by atoms with Gasteiger partial charge in [-0.1, -0.05) is 44.2 Å². The molecule has 6 nitrogen and oxygen atoms in total. The Hall–Kier alpha value is -3.66. The molecule has 2 aromatic rings. The largest absolute Gasteiger partial charge is 0.478 e. The van der Waals surface area contributed by atoms with E-state index >= 15 is 0 Å². The molecule has 0 bridgehead atoms. The number of esters is 1. The molecule has 154 valence electrons. The number of allylic oxidation sites excluding steroid dienone is 1. The Kier molecular flexibility index (Phi) is 5.88. The number of para-hydroxylation sites is 1. The molecule has 0 aromatic heterocycles. The first-order chi connectivity index (χ1) is 14.2. The summed E-state index contributed by atoms with van der Waals surface area (Å²) in [5.41, 5.74) is -0.206. The number of aliphatic carboxylic acids is 1. The van der Waals surface area contributed by atoms with Gasteiger partial charge < -0.3 is 14.6 Å². The molecule has 0 amide bonds. The van der Waals surface area contributed by atoms with Crippen molar-refractivity contribution in [1.29, 1.82) is 5.26 Å². The van der Waals surface area contributed by atoms with Crippen LogP contribution in [0.1, 0.15) is 25.5 Å². The zero-order chi connectivity index (χ0) is 21.9. The molecule has 2 aromatic carbocycles. The van der Waals surface area contributed by atoms with Crippen LogP contribution in [-0.4, -0.2) is 17.0 Å². The number of ether oxygens (including phenoxy) is 2. The number of carbonyl (C=O) groups excluding carboxylic acids is 1. The molecular formula is C23H20FNO5. The number of carboxylic acid groups (broad SMARTS) is 1. The van der Waals surface area contributed by atoms with Gasteiger partial charge in [0.15, 0.2) is 11.6 Å². The van der Waals surface area contributed by atoms with Crippen LogP contribution >= 0.6 is 0 Å². The summed E-state index contributed by atoms with van der Waals surface area (Å²) in [5.74, 6) is -2.86. The maximum absolute atomic E-state index is 14.2. The van der Waals surface area contributed by atoms with Gasteiger partial charge >= 0.3 is 11.9 Å². The molecule has 0 radical (unpaired) electrons. The van der Waals surface area contributed by atoms with E-state index in [1.54, 1.807) is 30.3 Å². The predicted octanol–water partition coefficient (Wildman–Crippen LogP) is 4.64. The van der Waals surface area contributed by atoms with E-state index in [4.69, 9.17) is 14.6 Å². The molecule has 1 saturated carbocycles. The van der Waals surface area contributed by atoms with Crippen molar-refractivity contribution in [3.8, 4) is 17.6 Å². The summed E-state index contributed by atoms with van der Waals surface area (Å²) in [6.45, 7) is 3.64. The van der Waals surface area contributed by atoms with E-state index in [1.807, 2.05) is 19.9 Å².